The Morgan fingerprint density at radius 3 is 2.53 bits per heavy atom. The van der Waals surface area contributed by atoms with E-state index in [1.165, 1.54) is 0 Å². The Morgan fingerprint density at radius 1 is 1.42 bits per heavy atom. The Balaban J connectivity index is 3.04. The standard InChI is InChI=1S/C11H15FN2O4S/c1-7(2)10(11(15)18-3)14-19(16,17)9-4-8(12)5-13-6-9/h4-7,10,14H,1-3H3. The van der Waals surface area contributed by atoms with Gasteiger partial charge in [0.1, 0.15) is 16.8 Å². The normalized spacial score (nSPS) is 13.3. The van der Waals surface area contributed by atoms with Gasteiger partial charge in [-0.3, -0.25) is 9.78 Å². The Kier molecular flexibility index (Phi) is 4.96. The van der Waals surface area contributed by atoms with Crippen molar-refractivity contribution >= 4 is 16.0 Å². The molecule has 0 radical (unpaired) electrons. The Hall–Kier alpha value is -1.54. The smallest absolute Gasteiger partial charge is 0.324 e. The fourth-order valence-corrected chi connectivity index (χ4v) is 2.66. The van der Waals surface area contributed by atoms with E-state index < -0.39 is 27.9 Å². The number of ether oxygens (including phenoxy) is 1. The number of carbonyl (C=O) groups is 1. The molecule has 1 aromatic heterocycles. The molecule has 1 N–H and O–H groups in total. The SMILES string of the molecule is COC(=O)C(NS(=O)(=O)c1cncc(F)c1)C(C)C. The zero-order valence-electron chi connectivity index (χ0n) is 10.8. The summed E-state index contributed by atoms with van der Waals surface area (Å²) in [6, 6.07) is -0.220. The number of hydrogen-bond donors (Lipinski definition) is 1. The minimum absolute atomic E-state index is 0.316. The second-order valence-corrected chi connectivity index (χ2v) is 5.92. The second-order valence-electron chi connectivity index (χ2n) is 4.20. The van der Waals surface area contributed by atoms with Gasteiger partial charge in [0, 0.05) is 6.20 Å². The molecule has 1 rings (SSSR count). The molecule has 0 saturated heterocycles. The summed E-state index contributed by atoms with van der Waals surface area (Å²) in [5.74, 6) is -1.80. The molecule has 0 spiro atoms. The van der Waals surface area contributed by atoms with Gasteiger partial charge in [-0.25, -0.2) is 12.8 Å². The van der Waals surface area contributed by atoms with Gasteiger partial charge in [-0.2, -0.15) is 4.72 Å². The van der Waals surface area contributed by atoms with Crippen molar-refractivity contribution in [1.29, 1.82) is 0 Å². The van der Waals surface area contributed by atoms with Crippen molar-refractivity contribution in [1.82, 2.24) is 9.71 Å². The summed E-state index contributed by atoms with van der Waals surface area (Å²) in [6.07, 6.45) is 1.89. The molecule has 106 valence electrons. The molecule has 8 heteroatoms. The van der Waals surface area contributed by atoms with Gasteiger partial charge >= 0.3 is 5.97 Å². The molecule has 19 heavy (non-hydrogen) atoms. The molecule has 0 aliphatic carbocycles. The van der Waals surface area contributed by atoms with E-state index in [-0.39, 0.29) is 10.8 Å². The van der Waals surface area contributed by atoms with E-state index >= 15 is 0 Å². The minimum atomic E-state index is -4.04. The average Bonchev–Trinajstić information content (AvgIpc) is 2.35. The highest BCUT2D eigenvalue weighted by molar-refractivity contribution is 7.89. The van der Waals surface area contributed by atoms with Crippen LogP contribution in [0, 0.1) is 11.7 Å². The number of rotatable bonds is 5. The number of carbonyl (C=O) groups excluding carboxylic acids is 1. The van der Waals surface area contributed by atoms with Gasteiger partial charge < -0.3 is 4.74 Å². The fraction of sp³-hybridized carbons (Fsp3) is 0.455. The van der Waals surface area contributed by atoms with Crippen LogP contribution in [0.15, 0.2) is 23.4 Å². The quantitative estimate of drug-likeness (QED) is 0.807. The Morgan fingerprint density at radius 2 is 2.05 bits per heavy atom. The largest absolute Gasteiger partial charge is 0.468 e. The van der Waals surface area contributed by atoms with E-state index in [4.69, 9.17) is 0 Å². The molecule has 0 aliphatic rings. The number of sulfonamides is 1. The van der Waals surface area contributed by atoms with Crippen LogP contribution < -0.4 is 4.72 Å². The average molecular weight is 290 g/mol. The third-order valence-electron chi connectivity index (χ3n) is 2.39. The lowest BCUT2D eigenvalue weighted by molar-refractivity contribution is -0.143. The monoisotopic (exact) mass is 290 g/mol. The summed E-state index contributed by atoms with van der Waals surface area (Å²) >= 11 is 0. The molecule has 1 aromatic rings. The zero-order chi connectivity index (χ0) is 14.6. The maximum absolute atomic E-state index is 13.0. The summed E-state index contributed by atoms with van der Waals surface area (Å²) in [5, 5.41) is 0. The van der Waals surface area contributed by atoms with Crippen LogP contribution in [0.4, 0.5) is 4.39 Å². The van der Waals surface area contributed by atoms with Gasteiger partial charge in [-0.05, 0) is 12.0 Å². The van der Waals surface area contributed by atoms with Crippen LogP contribution in [0.5, 0.6) is 0 Å². The molecule has 0 saturated carbocycles. The number of nitrogens with zero attached hydrogens (tertiary/aromatic N) is 1. The lowest BCUT2D eigenvalue weighted by Gasteiger charge is -2.19. The number of aromatic nitrogens is 1. The summed E-state index contributed by atoms with van der Waals surface area (Å²) in [5.41, 5.74) is 0. The number of methoxy groups -OCH3 is 1. The topological polar surface area (TPSA) is 85.4 Å². The Bertz CT molecular complexity index is 560. The van der Waals surface area contributed by atoms with Crippen molar-refractivity contribution in [2.75, 3.05) is 7.11 Å². The molecular formula is C11H15FN2O4S. The number of hydrogen-bond acceptors (Lipinski definition) is 5. The molecule has 6 nitrogen and oxygen atoms in total. The molecule has 0 fully saturated rings. The summed E-state index contributed by atoms with van der Waals surface area (Å²) < 4.78 is 43.7. The summed E-state index contributed by atoms with van der Waals surface area (Å²) in [7, 11) is -2.87. The molecule has 0 amide bonds. The Labute approximate surface area is 111 Å². The van der Waals surface area contributed by atoms with E-state index in [9.17, 15) is 17.6 Å². The van der Waals surface area contributed by atoms with Gasteiger partial charge in [-0.15, -0.1) is 0 Å². The van der Waals surface area contributed by atoms with E-state index in [0.29, 0.717) is 0 Å². The highest BCUT2D eigenvalue weighted by Crippen LogP contribution is 2.12. The van der Waals surface area contributed by atoms with Crippen LogP contribution in [-0.4, -0.2) is 32.5 Å². The predicted molar refractivity (Wildman–Crippen MR) is 65.2 cm³/mol. The van der Waals surface area contributed by atoms with Crippen LogP contribution in [0.1, 0.15) is 13.8 Å². The van der Waals surface area contributed by atoms with Gasteiger partial charge in [0.05, 0.1) is 13.3 Å². The maximum Gasteiger partial charge on any atom is 0.324 e. The van der Waals surface area contributed by atoms with Crippen molar-refractivity contribution in [3.63, 3.8) is 0 Å². The number of nitrogens with one attached hydrogen (secondary N) is 1. The van der Waals surface area contributed by atoms with Crippen molar-refractivity contribution in [2.24, 2.45) is 5.92 Å². The second kappa shape index (κ2) is 6.07. The van der Waals surface area contributed by atoms with Gasteiger partial charge in [0.25, 0.3) is 0 Å². The van der Waals surface area contributed by atoms with Crippen molar-refractivity contribution in [3.8, 4) is 0 Å². The lowest BCUT2D eigenvalue weighted by atomic mass is 10.1. The first-order chi connectivity index (χ1) is 8.77. The van der Waals surface area contributed by atoms with Gasteiger partial charge in [-0.1, -0.05) is 13.8 Å². The molecular weight excluding hydrogens is 275 g/mol. The first-order valence-electron chi connectivity index (χ1n) is 5.48. The lowest BCUT2D eigenvalue weighted by Crippen LogP contribution is -2.44. The summed E-state index contributed by atoms with van der Waals surface area (Å²) in [6.45, 7) is 3.32. The molecule has 1 heterocycles. The number of esters is 1. The zero-order valence-corrected chi connectivity index (χ0v) is 11.6. The fourth-order valence-electron chi connectivity index (χ4n) is 1.36. The van der Waals surface area contributed by atoms with Crippen LogP contribution in [0.3, 0.4) is 0 Å². The van der Waals surface area contributed by atoms with E-state index in [2.05, 4.69) is 14.4 Å². The molecule has 1 unspecified atom stereocenters. The van der Waals surface area contributed by atoms with Crippen LogP contribution in [0.2, 0.25) is 0 Å². The maximum atomic E-state index is 13.0. The van der Waals surface area contributed by atoms with Crippen molar-refractivity contribution in [3.05, 3.63) is 24.3 Å². The van der Waals surface area contributed by atoms with E-state index in [1.807, 2.05) is 0 Å². The number of halogens is 1. The van der Waals surface area contributed by atoms with Crippen LogP contribution >= 0.6 is 0 Å². The number of pyridine rings is 1. The van der Waals surface area contributed by atoms with Gasteiger partial charge in [0.15, 0.2) is 0 Å². The van der Waals surface area contributed by atoms with Crippen LogP contribution in [-0.2, 0) is 19.6 Å². The third-order valence-corrected chi connectivity index (χ3v) is 3.80. The first kappa shape index (κ1) is 15.5. The predicted octanol–water partition coefficient (Wildman–Crippen LogP) is 0.697. The highest BCUT2D eigenvalue weighted by Gasteiger charge is 2.29. The molecule has 1 atom stereocenters. The highest BCUT2D eigenvalue weighted by atomic mass is 32.2. The van der Waals surface area contributed by atoms with E-state index in [0.717, 1.165) is 25.6 Å². The first-order valence-corrected chi connectivity index (χ1v) is 6.97. The minimum Gasteiger partial charge on any atom is -0.468 e. The summed E-state index contributed by atoms with van der Waals surface area (Å²) in [4.78, 5) is 14.6. The van der Waals surface area contributed by atoms with Crippen LogP contribution in [0.25, 0.3) is 0 Å². The molecule has 0 aliphatic heterocycles. The third kappa shape index (κ3) is 3.97. The molecule has 0 bridgehead atoms. The van der Waals surface area contributed by atoms with Crippen molar-refractivity contribution < 1.29 is 22.3 Å². The van der Waals surface area contributed by atoms with Gasteiger partial charge in [0.2, 0.25) is 10.0 Å². The molecule has 0 aromatic carbocycles. The van der Waals surface area contributed by atoms with Crippen molar-refractivity contribution in [2.45, 2.75) is 24.8 Å². The van der Waals surface area contributed by atoms with E-state index in [1.54, 1.807) is 13.8 Å².